The number of hydrogen-bond donors (Lipinski definition) is 0. The first kappa shape index (κ1) is 13.5. The number of benzene rings is 1. The second-order valence-electron chi connectivity index (χ2n) is 6.06. The van der Waals surface area contributed by atoms with Gasteiger partial charge >= 0.3 is 6.18 Å². The number of alkyl halides is 3. The van der Waals surface area contributed by atoms with Crippen molar-refractivity contribution in [3.05, 3.63) is 42.0 Å². The molecular formula is C16H12F3NO2. The summed E-state index contributed by atoms with van der Waals surface area (Å²) in [5, 5.41) is 0. The van der Waals surface area contributed by atoms with Crippen molar-refractivity contribution in [3.8, 4) is 0 Å². The molecular weight excluding hydrogens is 295 g/mol. The van der Waals surface area contributed by atoms with Gasteiger partial charge in [0.2, 0.25) is 11.8 Å². The number of hydrogen-bond acceptors (Lipinski definition) is 2. The quantitative estimate of drug-likeness (QED) is 0.591. The van der Waals surface area contributed by atoms with E-state index in [9.17, 15) is 22.8 Å². The highest BCUT2D eigenvalue weighted by Crippen LogP contribution is 2.53. The molecule has 1 aromatic rings. The van der Waals surface area contributed by atoms with Gasteiger partial charge in [-0.3, -0.25) is 14.5 Å². The largest absolute Gasteiger partial charge is 0.416 e. The van der Waals surface area contributed by atoms with E-state index >= 15 is 0 Å². The number of rotatable bonds is 1. The van der Waals surface area contributed by atoms with Crippen molar-refractivity contribution in [2.75, 3.05) is 4.90 Å². The first-order valence-electron chi connectivity index (χ1n) is 7.11. The van der Waals surface area contributed by atoms with Crippen molar-refractivity contribution in [2.24, 2.45) is 23.7 Å². The van der Waals surface area contributed by atoms with Gasteiger partial charge in [0, 0.05) is 0 Å². The Labute approximate surface area is 124 Å². The van der Waals surface area contributed by atoms with Crippen molar-refractivity contribution >= 4 is 17.5 Å². The van der Waals surface area contributed by atoms with Gasteiger partial charge in [-0.25, -0.2) is 0 Å². The van der Waals surface area contributed by atoms with E-state index in [0.717, 1.165) is 23.5 Å². The fourth-order valence-corrected chi connectivity index (χ4v) is 3.98. The van der Waals surface area contributed by atoms with Crippen LogP contribution >= 0.6 is 0 Å². The van der Waals surface area contributed by atoms with E-state index in [1.54, 1.807) is 0 Å². The Bertz CT molecular complexity index is 680. The number of halogens is 3. The Morgan fingerprint density at radius 3 is 2.14 bits per heavy atom. The first-order chi connectivity index (χ1) is 10.4. The van der Waals surface area contributed by atoms with Crippen molar-refractivity contribution in [1.29, 1.82) is 0 Å². The Morgan fingerprint density at radius 1 is 1.00 bits per heavy atom. The van der Waals surface area contributed by atoms with Crippen LogP contribution in [0.4, 0.5) is 18.9 Å². The van der Waals surface area contributed by atoms with Crippen LogP contribution in [0.2, 0.25) is 0 Å². The molecule has 6 heteroatoms. The molecule has 2 aliphatic carbocycles. The molecule has 2 unspecified atom stereocenters. The lowest BCUT2D eigenvalue weighted by atomic mass is 9.85. The minimum Gasteiger partial charge on any atom is -0.274 e. The SMILES string of the molecule is O=C1[C@@H]2C3C=CC(C3)[C@@H]2C(=O)N1c1cccc(C(F)(F)F)c1. The van der Waals surface area contributed by atoms with Gasteiger partial charge in [0.15, 0.2) is 0 Å². The molecule has 1 heterocycles. The van der Waals surface area contributed by atoms with Crippen LogP contribution in [0.5, 0.6) is 0 Å². The molecule has 0 radical (unpaired) electrons. The lowest BCUT2D eigenvalue weighted by Crippen LogP contribution is -2.33. The maximum absolute atomic E-state index is 12.8. The molecule has 114 valence electrons. The fourth-order valence-electron chi connectivity index (χ4n) is 3.98. The van der Waals surface area contributed by atoms with E-state index in [1.807, 2.05) is 12.2 Å². The number of amides is 2. The van der Waals surface area contributed by atoms with E-state index in [-0.39, 0.29) is 29.3 Å². The third-order valence-electron chi connectivity index (χ3n) is 4.90. The Morgan fingerprint density at radius 2 is 1.59 bits per heavy atom. The van der Waals surface area contributed by atoms with Crippen LogP contribution < -0.4 is 4.90 Å². The monoisotopic (exact) mass is 307 g/mol. The number of carbonyl (C=O) groups excluding carboxylic acids is 2. The van der Waals surface area contributed by atoms with Gasteiger partial charge in [-0.05, 0) is 36.5 Å². The predicted octanol–water partition coefficient (Wildman–Crippen LogP) is 3.02. The lowest BCUT2D eigenvalue weighted by molar-refractivity contribution is -0.137. The maximum Gasteiger partial charge on any atom is 0.416 e. The molecule has 3 aliphatic rings. The summed E-state index contributed by atoms with van der Waals surface area (Å²) in [6, 6.07) is 4.40. The molecule has 3 nitrogen and oxygen atoms in total. The molecule has 0 aromatic heterocycles. The minimum atomic E-state index is -4.50. The van der Waals surface area contributed by atoms with Crippen molar-refractivity contribution < 1.29 is 22.8 Å². The maximum atomic E-state index is 12.8. The zero-order chi connectivity index (χ0) is 15.6. The Hall–Kier alpha value is -2.11. The summed E-state index contributed by atoms with van der Waals surface area (Å²) in [6.45, 7) is 0. The highest BCUT2D eigenvalue weighted by atomic mass is 19.4. The van der Waals surface area contributed by atoms with E-state index in [4.69, 9.17) is 0 Å². The molecule has 1 aliphatic heterocycles. The van der Waals surface area contributed by atoms with E-state index in [2.05, 4.69) is 0 Å². The van der Waals surface area contributed by atoms with Crippen molar-refractivity contribution in [3.63, 3.8) is 0 Å². The van der Waals surface area contributed by atoms with Gasteiger partial charge < -0.3 is 0 Å². The molecule has 1 saturated carbocycles. The standard InChI is InChI=1S/C16H12F3NO2/c17-16(18,19)10-2-1-3-11(7-10)20-14(21)12-8-4-5-9(6-8)13(12)15(20)22/h1-5,7-9,12-13H,6H2/t8?,9?,12-,13+. The molecule has 4 rings (SSSR count). The normalized spacial score (nSPS) is 33.0. The van der Waals surface area contributed by atoms with E-state index in [1.165, 1.54) is 12.1 Å². The summed E-state index contributed by atoms with van der Waals surface area (Å²) in [6.07, 6.45) is 0.195. The number of fused-ring (bicyclic) bond motifs is 5. The lowest BCUT2D eigenvalue weighted by Gasteiger charge is -2.18. The van der Waals surface area contributed by atoms with Gasteiger partial charge in [0.1, 0.15) is 0 Å². The predicted molar refractivity (Wildman–Crippen MR) is 71.7 cm³/mol. The summed E-state index contributed by atoms with van der Waals surface area (Å²) >= 11 is 0. The number of carbonyl (C=O) groups is 2. The van der Waals surface area contributed by atoms with Crippen molar-refractivity contribution in [1.82, 2.24) is 0 Å². The topological polar surface area (TPSA) is 37.4 Å². The number of nitrogens with zero attached hydrogens (tertiary/aromatic N) is 1. The average Bonchev–Trinajstić information content (AvgIpc) is 3.12. The zero-order valence-electron chi connectivity index (χ0n) is 11.4. The van der Waals surface area contributed by atoms with Gasteiger partial charge in [-0.1, -0.05) is 18.2 Å². The smallest absolute Gasteiger partial charge is 0.274 e. The highest BCUT2D eigenvalue weighted by molar-refractivity contribution is 6.22. The fraction of sp³-hybridized carbons (Fsp3) is 0.375. The van der Waals surface area contributed by atoms with Crippen LogP contribution in [0.3, 0.4) is 0 Å². The van der Waals surface area contributed by atoms with Gasteiger partial charge in [-0.15, -0.1) is 0 Å². The summed E-state index contributed by atoms with van der Waals surface area (Å²) in [7, 11) is 0. The van der Waals surface area contributed by atoms with Crippen LogP contribution in [0, 0.1) is 23.7 Å². The van der Waals surface area contributed by atoms with Crippen molar-refractivity contribution in [2.45, 2.75) is 12.6 Å². The van der Waals surface area contributed by atoms with Gasteiger partial charge in [0.05, 0.1) is 23.1 Å². The molecule has 0 spiro atoms. The van der Waals surface area contributed by atoms with Crippen LogP contribution in [-0.2, 0) is 15.8 Å². The number of allylic oxidation sites excluding steroid dienone is 2. The van der Waals surface area contributed by atoms with E-state index < -0.39 is 23.6 Å². The second-order valence-corrected chi connectivity index (χ2v) is 6.06. The third kappa shape index (κ3) is 1.69. The molecule has 1 saturated heterocycles. The van der Waals surface area contributed by atoms with Gasteiger partial charge in [0.25, 0.3) is 0 Å². The second kappa shape index (κ2) is 4.21. The van der Waals surface area contributed by atoms with Crippen LogP contribution in [-0.4, -0.2) is 11.8 Å². The molecule has 0 N–H and O–H groups in total. The average molecular weight is 307 g/mol. The molecule has 2 amide bonds. The number of imide groups is 1. The van der Waals surface area contributed by atoms with Crippen LogP contribution in [0.1, 0.15) is 12.0 Å². The molecule has 2 bridgehead atoms. The molecule has 22 heavy (non-hydrogen) atoms. The van der Waals surface area contributed by atoms with Crippen LogP contribution in [0.25, 0.3) is 0 Å². The molecule has 1 aromatic carbocycles. The molecule has 4 atom stereocenters. The third-order valence-corrected chi connectivity index (χ3v) is 4.90. The van der Waals surface area contributed by atoms with Crippen LogP contribution in [0.15, 0.2) is 36.4 Å². The zero-order valence-corrected chi connectivity index (χ0v) is 11.4. The minimum absolute atomic E-state index is 0.0126. The highest BCUT2D eigenvalue weighted by Gasteiger charge is 2.59. The summed E-state index contributed by atoms with van der Waals surface area (Å²) < 4.78 is 38.4. The Kier molecular flexibility index (Phi) is 2.59. The Balaban J connectivity index is 1.73. The summed E-state index contributed by atoms with van der Waals surface area (Å²) in [5.41, 5.74) is -0.845. The van der Waals surface area contributed by atoms with Gasteiger partial charge in [-0.2, -0.15) is 13.2 Å². The van der Waals surface area contributed by atoms with E-state index in [0.29, 0.717) is 0 Å². The summed E-state index contributed by atoms with van der Waals surface area (Å²) in [4.78, 5) is 26.0. The molecule has 2 fully saturated rings. The number of anilines is 1. The summed E-state index contributed by atoms with van der Waals surface area (Å²) in [5.74, 6) is -1.46. The first-order valence-corrected chi connectivity index (χ1v) is 7.11.